The van der Waals surface area contributed by atoms with Gasteiger partial charge in [0.2, 0.25) is 0 Å². The molecule has 1 amide bonds. The normalized spacial score (nSPS) is 11.6. The van der Waals surface area contributed by atoms with E-state index in [1.165, 1.54) is 0 Å². The second-order valence-electron chi connectivity index (χ2n) is 3.62. The number of aromatic nitrogens is 1. The van der Waals surface area contributed by atoms with E-state index in [1.54, 1.807) is 36.4 Å². The Morgan fingerprint density at radius 1 is 1.69 bits per heavy atom. The van der Waals surface area contributed by atoms with Crippen LogP contribution >= 0.6 is 0 Å². The molecule has 1 aromatic heterocycles. The number of nitriles is 1. The maximum Gasteiger partial charge on any atom is 0.255 e. The summed E-state index contributed by atoms with van der Waals surface area (Å²) < 4.78 is 0. The average Bonchev–Trinajstić information content (AvgIpc) is 2.35. The van der Waals surface area contributed by atoms with Gasteiger partial charge in [-0.2, -0.15) is 5.26 Å². The van der Waals surface area contributed by atoms with Crippen molar-refractivity contribution in [3.63, 3.8) is 0 Å². The lowest BCUT2D eigenvalue weighted by Crippen LogP contribution is -2.34. The van der Waals surface area contributed by atoms with Gasteiger partial charge < -0.3 is 4.90 Å². The van der Waals surface area contributed by atoms with Gasteiger partial charge in [0, 0.05) is 25.5 Å². The minimum absolute atomic E-state index is 0.0716. The van der Waals surface area contributed by atoms with Crippen LogP contribution in [0.4, 0.5) is 0 Å². The molecule has 16 heavy (non-hydrogen) atoms. The van der Waals surface area contributed by atoms with E-state index in [9.17, 15) is 4.79 Å². The number of carbonyl (C=O) groups excluding carboxylic acids is 1. The highest BCUT2D eigenvalue weighted by Crippen LogP contribution is 2.06. The summed E-state index contributed by atoms with van der Waals surface area (Å²) in [5, 5.41) is 8.73. The molecule has 1 rings (SSSR count). The van der Waals surface area contributed by atoms with Crippen LogP contribution in [-0.4, -0.2) is 28.9 Å². The zero-order valence-corrected chi connectivity index (χ0v) is 9.55. The Morgan fingerprint density at radius 3 is 2.94 bits per heavy atom. The highest BCUT2D eigenvalue weighted by molar-refractivity contribution is 5.93. The summed E-state index contributed by atoms with van der Waals surface area (Å²) in [6, 6.07) is 5.59. The fourth-order valence-corrected chi connectivity index (χ4v) is 1.40. The third kappa shape index (κ3) is 3.06. The summed E-state index contributed by atoms with van der Waals surface area (Å²) in [5.41, 5.74) is 0.564. The monoisotopic (exact) mass is 217 g/mol. The molecule has 1 aromatic rings. The summed E-state index contributed by atoms with van der Waals surface area (Å²) >= 11 is 0. The number of hydrogen-bond acceptors (Lipinski definition) is 3. The number of pyridine rings is 1. The second-order valence-corrected chi connectivity index (χ2v) is 3.62. The van der Waals surface area contributed by atoms with E-state index in [4.69, 9.17) is 5.26 Å². The minimum atomic E-state index is -0.152. The smallest absolute Gasteiger partial charge is 0.255 e. The molecular weight excluding hydrogens is 202 g/mol. The summed E-state index contributed by atoms with van der Waals surface area (Å²) in [6.07, 6.45) is 3.17. The molecule has 0 radical (unpaired) electrons. The van der Waals surface area contributed by atoms with Crippen LogP contribution < -0.4 is 0 Å². The molecule has 0 N–H and O–H groups in total. The zero-order valence-electron chi connectivity index (χ0n) is 9.55. The van der Waals surface area contributed by atoms with Crippen LogP contribution in [0.15, 0.2) is 24.5 Å². The van der Waals surface area contributed by atoms with Gasteiger partial charge in [-0.15, -0.1) is 0 Å². The Labute approximate surface area is 95.5 Å². The maximum atomic E-state index is 12.0. The summed E-state index contributed by atoms with van der Waals surface area (Å²) in [4.78, 5) is 17.6. The molecule has 4 nitrogen and oxygen atoms in total. The summed E-state index contributed by atoms with van der Waals surface area (Å²) in [6.45, 7) is 4.76. The van der Waals surface area contributed by atoms with Crippen molar-refractivity contribution in [2.24, 2.45) is 5.92 Å². The predicted molar refractivity (Wildman–Crippen MR) is 60.6 cm³/mol. The maximum absolute atomic E-state index is 12.0. The summed E-state index contributed by atoms with van der Waals surface area (Å²) in [7, 11) is 0. The van der Waals surface area contributed by atoms with Gasteiger partial charge in [0.15, 0.2) is 0 Å². The second kappa shape index (κ2) is 5.86. The number of amides is 1. The van der Waals surface area contributed by atoms with Crippen molar-refractivity contribution in [2.45, 2.75) is 13.8 Å². The van der Waals surface area contributed by atoms with Crippen LogP contribution in [-0.2, 0) is 0 Å². The molecular formula is C12H15N3O. The van der Waals surface area contributed by atoms with E-state index in [2.05, 4.69) is 11.1 Å². The number of rotatable bonds is 4. The lowest BCUT2D eigenvalue weighted by atomic mass is 10.1. The Morgan fingerprint density at radius 2 is 2.44 bits per heavy atom. The molecule has 4 heteroatoms. The summed E-state index contributed by atoms with van der Waals surface area (Å²) in [5.74, 6) is -0.224. The van der Waals surface area contributed by atoms with Gasteiger partial charge in [-0.1, -0.05) is 0 Å². The zero-order chi connectivity index (χ0) is 12.0. The number of hydrogen-bond donors (Lipinski definition) is 0. The van der Waals surface area contributed by atoms with Crippen LogP contribution in [0.2, 0.25) is 0 Å². The van der Waals surface area contributed by atoms with Crippen molar-refractivity contribution in [3.8, 4) is 6.07 Å². The van der Waals surface area contributed by atoms with Gasteiger partial charge in [0.25, 0.3) is 5.91 Å². The average molecular weight is 217 g/mol. The number of nitrogens with zero attached hydrogens (tertiary/aromatic N) is 3. The van der Waals surface area contributed by atoms with Crippen molar-refractivity contribution < 1.29 is 4.79 Å². The molecule has 1 atom stereocenters. The third-order valence-electron chi connectivity index (χ3n) is 2.29. The molecule has 0 aliphatic rings. The highest BCUT2D eigenvalue weighted by atomic mass is 16.2. The van der Waals surface area contributed by atoms with Gasteiger partial charge in [-0.3, -0.25) is 9.78 Å². The van der Waals surface area contributed by atoms with Crippen LogP contribution in [0.3, 0.4) is 0 Å². The molecule has 1 unspecified atom stereocenters. The lowest BCUT2D eigenvalue weighted by Gasteiger charge is -2.21. The van der Waals surface area contributed by atoms with Crippen LogP contribution in [0, 0.1) is 17.2 Å². The molecule has 0 aliphatic carbocycles. The molecule has 84 valence electrons. The topological polar surface area (TPSA) is 57.0 Å². The number of carbonyl (C=O) groups is 1. The standard InChI is InChI=1S/C12H15N3O/c1-3-15(9-10(2)7-13)12(16)11-5-4-6-14-8-11/h4-6,8,10H,3,9H2,1-2H3. The van der Waals surface area contributed by atoms with Crippen molar-refractivity contribution in [2.75, 3.05) is 13.1 Å². The Bertz CT molecular complexity index is 383. The molecule has 0 spiro atoms. The quantitative estimate of drug-likeness (QED) is 0.771. The van der Waals surface area contributed by atoms with Gasteiger partial charge >= 0.3 is 0 Å². The lowest BCUT2D eigenvalue weighted by molar-refractivity contribution is 0.0752. The first kappa shape index (κ1) is 12.2. The van der Waals surface area contributed by atoms with Crippen molar-refractivity contribution in [1.29, 1.82) is 5.26 Å². The van der Waals surface area contributed by atoms with Gasteiger partial charge in [0.05, 0.1) is 17.6 Å². The first-order chi connectivity index (χ1) is 7.69. The molecule has 0 aliphatic heterocycles. The largest absolute Gasteiger partial charge is 0.338 e. The van der Waals surface area contributed by atoms with E-state index in [1.807, 2.05) is 6.92 Å². The van der Waals surface area contributed by atoms with Crippen LogP contribution in [0.25, 0.3) is 0 Å². The fourth-order valence-electron chi connectivity index (χ4n) is 1.40. The van der Waals surface area contributed by atoms with Crippen molar-refractivity contribution >= 4 is 5.91 Å². The van der Waals surface area contributed by atoms with Crippen LogP contribution in [0.1, 0.15) is 24.2 Å². The molecule has 0 saturated carbocycles. The fraction of sp³-hybridized carbons (Fsp3) is 0.417. The van der Waals surface area contributed by atoms with E-state index in [-0.39, 0.29) is 11.8 Å². The first-order valence-corrected chi connectivity index (χ1v) is 5.28. The minimum Gasteiger partial charge on any atom is -0.338 e. The Balaban J connectivity index is 2.75. The third-order valence-corrected chi connectivity index (χ3v) is 2.29. The molecule has 1 heterocycles. The van der Waals surface area contributed by atoms with E-state index < -0.39 is 0 Å². The van der Waals surface area contributed by atoms with Crippen molar-refractivity contribution in [3.05, 3.63) is 30.1 Å². The SMILES string of the molecule is CCN(CC(C)C#N)C(=O)c1cccnc1. The van der Waals surface area contributed by atoms with Crippen molar-refractivity contribution in [1.82, 2.24) is 9.88 Å². The van der Waals surface area contributed by atoms with E-state index in [0.29, 0.717) is 18.7 Å². The van der Waals surface area contributed by atoms with Gasteiger partial charge in [0.1, 0.15) is 0 Å². The van der Waals surface area contributed by atoms with E-state index in [0.717, 1.165) is 0 Å². The molecule has 0 saturated heterocycles. The molecule has 0 bridgehead atoms. The Hall–Kier alpha value is -1.89. The van der Waals surface area contributed by atoms with Gasteiger partial charge in [-0.25, -0.2) is 0 Å². The first-order valence-electron chi connectivity index (χ1n) is 5.28. The molecule has 0 aromatic carbocycles. The predicted octanol–water partition coefficient (Wildman–Crippen LogP) is 1.70. The highest BCUT2D eigenvalue weighted by Gasteiger charge is 2.16. The van der Waals surface area contributed by atoms with Crippen LogP contribution in [0.5, 0.6) is 0 Å². The van der Waals surface area contributed by atoms with E-state index >= 15 is 0 Å². The Kier molecular flexibility index (Phi) is 4.46. The molecule has 0 fully saturated rings. The van der Waals surface area contributed by atoms with Gasteiger partial charge in [-0.05, 0) is 26.0 Å².